The van der Waals surface area contributed by atoms with Gasteiger partial charge in [-0.1, -0.05) is 17.7 Å². The molecule has 0 fully saturated rings. The van der Waals surface area contributed by atoms with Gasteiger partial charge in [0.2, 0.25) is 0 Å². The smallest absolute Gasteiger partial charge is 0.145 e. The molecule has 2 N–H and O–H groups in total. The van der Waals surface area contributed by atoms with Crippen molar-refractivity contribution < 1.29 is 5.11 Å². The van der Waals surface area contributed by atoms with E-state index in [-0.39, 0.29) is 6.61 Å². The van der Waals surface area contributed by atoms with E-state index in [1.165, 1.54) is 0 Å². The van der Waals surface area contributed by atoms with Gasteiger partial charge in [0.25, 0.3) is 0 Å². The molecule has 0 aliphatic carbocycles. The minimum absolute atomic E-state index is 0.0719. The predicted octanol–water partition coefficient (Wildman–Crippen LogP) is 2.22. The summed E-state index contributed by atoms with van der Waals surface area (Å²) in [5, 5.41) is 12.5. The number of pyridine rings is 1. The van der Waals surface area contributed by atoms with Crippen LogP contribution in [-0.4, -0.2) is 16.6 Å². The summed E-state index contributed by atoms with van der Waals surface area (Å²) < 4.78 is 0. The lowest BCUT2D eigenvalue weighted by Crippen LogP contribution is -2.03. The van der Waals surface area contributed by atoms with E-state index in [0.29, 0.717) is 16.4 Å². The maximum atomic E-state index is 8.96. The molecular weight excluding hydrogens is 200 g/mol. The van der Waals surface area contributed by atoms with Crippen molar-refractivity contribution in [1.29, 1.82) is 0 Å². The van der Waals surface area contributed by atoms with Crippen molar-refractivity contribution in [3.63, 3.8) is 0 Å². The molecule has 0 saturated carbocycles. The highest BCUT2D eigenvalue weighted by Crippen LogP contribution is 2.23. The fraction of sp³-hybridized carbons (Fsp3) is 0.300. The molecule has 0 atom stereocenters. The zero-order chi connectivity index (χ0) is 10.4. The first-order chi connectivity index (χ1) is 6.79. The third-order valence-corrected chi connectivity index (χ3v) is 2.20. The van der Waals surface area contributed by atoms with Gasteiger partial charge in [0.05, 0.1) is 11.6 Å². The number of hydrogen-bond donors (Lipinski definition) is 2. The quantitative estimate of drug-likeness (QED) is 0.581. The Morgan fingerprint density at radius 2 is 2.43 bits per heavy atom. The van der Waals surface area contributed by atoms with Crippen molar-refractivity contribution >= 4 is 17.4 Å². The van der Waals surface area contributed by atoms with Gasteiger partial charge >= 0.3 is 0 Å². The zero-order valence-corrected chi connectivity index (χ0v) is 8.59. The predicted molar refractivity (Wildman–Crippen MR) is 58.5 cm³/mol. The molecule has 3 nitrogen and oxygen atoms in total. The highest BCUT2D eigenvalue weighted by Gasteiger charge is 2.05. The third kappa shape index (κ3) is 2.72. The standard InChI is InChI=1S/C10H13ClN2O/c1-2-3-5-12-10-9(11)8(7-14)4-6-13-10/h2,4,6,14H,1,3,5,7H2,(H,12,13). The molecule has 0 spiro atoms. The Hall–Kier alpha value is -1.06. The lowest BCUT2D eigenvalue weighted by Gasteiger charge is -2.08. The van der Waals surface area contributed by atoms with E-state index in [9.17, 15) is 0 Å². The van der Waals surface area contributed by atoms with Crippen molar-refractivity contribution in [3.05, 3.63) is 35.5 Å². The molecule has 0 aliphatic rings. The van der Waals surface area contributed by atoms with Crippen LogP contribution in [0.1, 0.15) is 12.0 Å². The first-order valence-electron chi connectivity index (χ1n) is 4.38. The summed E-state index contributed by atoms with van der Waals surface area (Å²) in [6.45, 7) is 4.28. The van der Waals surface area contributed by atoms with Gasteiger partial charge in [0.1, 0.15) is 5.82 Å². The lowest BCUT2D eigenvalue weighted by atomic mass is 10.2. The highest BCUT2D eigenvalue weighted by molar-refractivity contribution is 6.33. The molecule has 0 radical (unpaired) electrons. The molecule has 1 rings (SSSR count). The first kappa shape index (κ1) is 11.0. The van der Waals surface area contributed by atoms with Crippen LogP contribution in [0.2, 0.25) is 5.02 Å². The summed E-state index contributed by atoms with van der Waals surface area (Å²) in [5.74, 6) is 0.611. The minimum Gasteiger partial charge on any atom is -0.392 e. The van der Waals surface area contributed by atoms with Crippen LogP contribution in [0.3, 0.4) is 0 Å². The molecule has 0 bridgehead atoms. The summed E-state index contributed by atoms with van der Waals surface area (Å²) in [4.78, 5) is 4.07. The van der Waals surface area contributed by atoms with Crippen LogP contribution >= 0.6 is 11.6 Å². The Kier molecular flexibility index (Phi) is 4.43. The molecule has 0 aliphatic heterocycles. The second kappa shape index (κ2) is 5.62. The summed E-state index contributed by atoms with van der Waals surface area (Å²) in [7, 11) is 0. The van der Waals surface area contributed by atoms with E-state index in [1.54, 1.807) is 12.3 Å². The number of aliphatic hydroxyl groups is 1. The van der Waals surface area contributed by atoms with E-state index < -0.39 is 0 Å². The van der Waals surface area contributed by atoms with Crippen LogP contribution in [0, 0.1) is 0 Å². The van der Waals surface area contributed by atoms with E-state index in [2.05, 4.69) is 16.9 Å². The number of rotatable bonds is 5. The molecule has 1 heterocycles. The molecule has 14 heavy (non-hydrogen) atoms. The second-order valence-electron chi connectivity index (χ2n) is 2.79. The summed E-state index contributed by atoms with van der Waals surface area (Å²) in [5.41, 5.74) is 0.683. The van der Waals surface area contributed by atoms with Gasteiger partial charge in [-0.25, -0.2) is 4.98 Å². The van der Waals surface area contributed by atoms with Gasteiger partial charge < -0.3 is 10.4 Å². The molecule has 1 aromatic rings. The summed E-state index contributed by atoms with van der Waals surface area (Å²) >= 11 is 5.98. The third-order valence-electron chi connectivity index (χ3n) is 1.78. The van der Waals surface area contributed by atoms with Crippen molar-refractivity contribution in [1.82, 2.24) is 4.98 Å². The average molecular weight is 213 g/mol. The Bertz CT molecular complexity index is 315. The highest BCUT2D eigenvalue weighted by atomic mass is 35.5. The fourth-order valence-corrected chi connectivity index (χ4v) is 1.26. The number of nitrogens with one attached hydrogen (secondary N) is 1. The van der Waals surface area contributed by atoms with Crippen molar-refractivity contribution in [2.45, 2.75) is 13.0 Å². The molecule has 4 heteroatoms. The number of nitrogens with zero attached hydrogens (tertiary/aromatic N) is 1. The van der Waals surface area contributed by atoms with Gasteiger partial charge in [0, 0.05) is 18.3 Å². The Balaban J connectivity index is 2.71. The number of aromatic nitrogens is 1. The SMILES string of the molecule is C=CCCNc1nccc(CO)c1Cl. The van der Waals surface area contributed by atoms with Crippen LogP contribution in [0.4, 0.5) is 5.82 Å². The van der Waals surface area contributed by atoms with E-state index >= 15 is 0 Å². The van der Waals surface area contributed by atoms with E-state index in [1.807, 2.05) is 6.08 Å². The van der Waals surface area contributed by atoms with Crippen molar-refractivity contribution in [3.8, 4) is 0 Å². The van der Waals surface area contributed by atoms with Crippen LogP contribution in [0.15, 0.2) is 24.9 Å². The topological polar surface area (TPSA) is 45.2 Å². The van der Waals surface area contributed by atoms with Gasteiger partial charge in [-0.15, -0.1) is 6.58 Å². The molecule has 0 aromatic carbocycles. The van der Waals surface area contributed by atoms with Gasteiger partial charge in [0.15, 0.2) is 0 Å². The van der Waals surface area contributed by atoms with Crippen LogP contribution in [-0.2, 0) is 6.61 Å². The molecule has 0 amide bonds. The Morgan fingerprint density at radius 3 is 3.07 bits per heavy atom. The normalized spacial score (nSPS) is 9.86. The molecule has 1 aromatic heterocycles. The van der Waals surface area contributed by atoms with Crippen molar-refractivity contribution in [2.75, 3.05) is 11.9 Å². The first-order valence-corrected chi connectivity index (χ1v) is 4.76. The van der Waals surface area contributed by atoms with Gasteiger partial charge in [-0.3, -0.25) is 0 Å². The summed E-state index contributed by atoms with van der Waals surface area (Å²) in [6.07, 6.45) is 4.28. The number of aliphatic hydroxyl groups excluding tert-OH is 1. The molecular formula is C10H13ClN2O. The largest absolute Gasteiger partial charge is 0.392 e. The van der Waals surface area contributed by atoms with Crippen LogP contribution < -0.4 is 5.32 Å². The second-order valence-corrected chi connectivity index (χ2v) is 3.17. The Labute approximate surface area is 88.4 Å². The van der Waals surface area contributed by atoms with Crippen LogP contribution in [0.25, 0.3) is 0 Å². The Morgan fingerprint density at radius 1 is 1.64 bits per heavy atom. The minimum atomic E-state index is -0.0719. The number of hydrogen-bond acceptors (Lipinski definition) is 3. The number of anilines is 1. The van der Waals surface area contributed by atoms with Gasteiger partial charge in [-0.2, -0.15) is 0 Å². The van der Waals surface area contributed by atoms with E-state index in [4.69, 9.17) is 16.7 Å². The summed E-state index contributed by atoms with van der Waals surface area (Å²) in [6, 6.07) is 1.70. The molecule has 76 valence electrons. The lowest BCUT2D eigenvalue weighted by molar-refractivity contribution is 0.282. The van der Waals surface area contributed by atoms with Crippen molar-refractivity contribution in [2.24, 2.45) is 0 Å². The average Bonchev–Trinajstić information content (AvgIpc) is 2.21. The monoisotopic (exact) mass is 212 g/mol. The molecule has 0 unspecified atom stereocenters. The van der Waals surface area contributed by atoms with Gasteiger partial charge in [-0.05, 0) is 12.5 Å². The van der Waals surface area contributed by atoms with E-state index in [0.717, 1.165) is 13.0 Å². The maximum Gasteiger partial charge on any atom is 0.145 e. The number of halogens is 1. The molecule has 0 saturated heterocycles. The zero-order valence-electron chi connectivity index (χ0n) is 7.83. The van der Waals surface area contributed by atoms with Crippen LogP contribution in [0.5, 0.6) is 0 Å². The fourth-order valence-electron chi connectivity index (χ4n) is 1.02. The maximum absolute atomic E-state index is 8.96.